The second-order valence-electron chi connectivity index (χ2n) is 7.69. The van der Waals surface area contributed by atoms with Crippen LogP contribution in [0.2, 0.25) is 5.02 Å². The maximum Gasteiger partial charge on any atom is 0.255 e. The zero-order valence-corrected chi connectivity index (χ0v) is 18.6. The van der Waals surface area contributed by atoms with Crippen LogP contribution in [0.4, 0.5) is 11.5 Å². The van der Waals surface area contributed by atoms with Gasteiger partial charge in [0.05, 0.1) is 23.0 Å². The van der Waals surface area contributed by atoms with Crippen LogP contribution in [0.15, 0.2) is 41.4 Å². The molecule has 2 aromatic rings. The van der Waals surface area contributed by atoms with Gasteiger partial charge in [-0.3, -0.25) is 4.79 Å². The molecule has 1 unspecified atom stereocenters. The molecule has 3 heterocycles. The van der Waals surface area contributed by atoms with Crippen molar-refractivity contribution in [3.05, 3.63) is 47.1 Å². The molecule has 0 bridgehead atoms. The summed E-state index contributed by atoms with van der Waals surface area (Å²) in [6, 6.07) is 7.83. The highest BCUT2D eigenvalue weighted by Crippen LogP contribution is 2.24. The van der Waals surface area contributed by atoms with Crippen molar-refractivity contribution in [3.63, 3.8) is 0 Å². The van der Waals surface area contributed by atoms with Crippen LogP contribution in [-0.4, -0.2) is 51.7 Å². The van der Waals surface area contributed by atoms with Crippen LogP contribution in [0, 0.1) is 0 Å². The lowest BCUT2D eigenvalue weighted by atomic mass is 10.2. The molecule has 2 fully saturated rings. The first-order valence-electron chi connectivity index (χ1n) is 10.4. The lowest BCUT2D eigenvalue weighted by Crippen LogP contribution is -2.32. The summed E-state index contributed by atoms with van der Waals surface area (Å²) >= 11 is 6.12. The molecule has 10 heteroatoms. The number of hydrogen-bond acceptors (Lipinski definition) is 6. The average Bonchev–Trinajstić information content (AvgIpc) is 3.47. The highest BCUT2D eigenvalue weighted by Gasteiger charge is 2.23. The van der Waals surface area contributed by atoms with Gasteiger partial charge < -0.3 is 15.0 Å². The molecule has 8 nitrogen and oxygen atoms in total. The number of rotatable bonds is 7. The predicted octanol–water partition coefficient (Wildman–Crippen LogP) is 3.04. The van der Waals surface area contributed by atoms with E-state index in [1.54, 1.807) is 12.3 Å². The summed E-state index contributed by atoms with van der Waals surface area (Å²) in [6.45, 7) is 2.78. The number of anilines is 2. The molecule has 0 saturated carbocycles. The van der Waals surface area contributed by atoms with Crippen LogP contribution in [-0.2, 0) is 14.8 Å². The van der Waals surface area contributed by atoms with E-state index < -0.39 is 15.9 Å². The smallest absolute Gasteiger partial charge is 0.255 e. The van der Waals surface area contributed by atoms with Crippen LogP contribution < -0.4 is 14.9 Å². The number of halogens is 1. The van der Waals surface area contributed by atoms with E-state index >= 15 is 0 Å². The van der Waals surface area contributed by atoms with Crippen molar-refractivity contribution in [3.8, 4) is 0 Å². The van der Waals surface area contributed by atoms with E-state index in [1.807, 2.05) is 6.07 Å². The zero-order valence-electron chi connectivity index (χ0n) is 17.0. The Morgan fingerprint density at radius 1 is 1.19 bits per heavy atom. The molecule has 1 aromatic heterocycles. The van der Waals surface area contributed by atoms with Gasteiger partial charge in [-0.25, -0.2) is 18.1 Å². The number of carbonyl (C=O) groups is 1. The number of nitrogens with one attached hydrogen (secondary N) is 2. The van der Waals surface area contributed by atoms with Crippen LogP contribution in [0.5, 0.6) is 0 Å². The fourth-order valence-corrected chi connectivity index (χ4v) is 5.32. The Kier molecular flexibility index (Phi) is 6.76. The van der Waals surface area contributed by atoms with E-state index in [4.69, 9.17) is 16.3 Å². The molecule has 31 heavy (non-hydrogen) atoms. The maximum atomic E-state index is 12.7. The normalized spacial score (nSPS) is 19.0. The topological polar surface area (TPSA) is 101 Å². The van der Waals surface area contributed by atoms with Crippen LogP contribution in [0.25, 0.3) is 0 Å². The molecule has 4 rings (SSSR count). The second-order valence-corrected chi connectivity index (χ2v) is 9.83. The molecule has 1 atom stereocenters. The molecule has 0 aliphatic carbocycles. The van der Waals surface area contributed by atoms with E-state index in [2.05, 4.69) is 19.9 Å². The number of amides is 1. The van der Waals surface area contributed by atoms with Gasteiger partial charge in [-0.05, 0) is 56.0 Å². The van der Waals surface area contributed by atoms with E-state index in [-0.39, 0.29) is 28.1 Å². The Morgan fingerprint density at radius 3 is 2.68 bits per heavy atom. The number of carbonyl (C=O) groups excluding carboxylic acids is 1. The fraction of sp³-hybridized carbons (Fsp3) is 0.429. The van der Waals surface area contributed by atoms with Crippen molar-refractivity contribution in [1.82, 2.24) is 9.71 Å². The van der Waals surface area contributed by atoms with Gasteiger partial charge >= 0.3 is 0 Å². The van der Waals surface area contributed by atoms with Crippen molar-refractivity contribution < 1.29 is 17.9 Å². The molecule has 0 spiro atoms. The second kappa shape index (κ2) is 9.52. The van der Waals surface area contributed by atoms with E-state index in [0.29, 0.717) is 12.3 Å². The van der Waals surface area contributed by atoms with Crippen molar-refractivity contribution in [2.24, 2.45) is 0 Å². The molecule has 2 aliphatic rings. The Balaban J connectivity index is 1.44. The molecule has 2 aliphatic heterocycles. The third kappa shape index (κ3) is 5.35. The summed E-state index contributed by atoms with van der Waals surface area (Å²) in [5.74, 6) is 0.440. The van der Waals surface area contributed by atoms with E-state index in [1.165, 1.54) is 18.2 Å². The first-order valence-corrected chi connectivity index (χ1v) is 12.2. The molecule has 166 valence electrons. The molecule has 2 saturated heterocycles. The average molecular weight is 465 g/mol. The number of aromatic nitrogens is 1. The minimum absolute atomic E-state index is 0.0491. The quantitative estimate of drug-likeness (QED) is 0.653. The minimum Gasteiger partial charge on any atom is -0.377 e. The number of ether oxygens (including phenoxy) is 1. The van der Waals surface area contributed by atoms with Gasteiger partial charge in [0.25, 0.3) is 5.91 Å². The van der Waals surface area contributed by atoms with Gasteiger partial charge in [-0.2, -0.15) is 0 Å². The first-order chi connectivity index (χ1) is 14.9. The number of benzene rings is 1. The molecular formula is C21H25ClN4O4S. The number of pyridine rings is 1. The van der Waals surface area contributed by atoms with Gasteiger partial charge in [0.15, 0.2) is 0 Å². The first kappa shape index (κ1) is 22.0. The molecule has 1 amide bonds. The summed E-state index contributed by atoms with van der Waals surface area (Å²) in [5.41, 5.74) is 0.717. The van der Waals surface area contributed by atoms with Crippen molar-refractivity contribution >= 4 is 39.0 Å². The van der Waals surface area contributed by atoms with Crippen molar-refractivity contribution in [2.45, 2.75) is 36.7 Å². The number of hydrogen-bond donors (Lipinski definition) is 2. The lowest BCUT2D eigenvalue weighted by molar-refractivity contribution is 0.102. The van der Waals surface area contributed by atoms with Crippen LogP contribution >= 0.6 is 11.6 Å². The van der Waals surface area contributed by atoms with Crippen LogP contribution in [0.3, 0.4) is 0 Å². The van der Waals surface area contributed by atoms with E-state index in [0.717, 1.165) is 44.6 Å². The van der Waals surface area contributed by atoms with Crippen molar-refractivity contribution in [1.29, 1.82) is 0 Å². The summed E-state index contributed by atoms with van der Waals surface area (Å²) in [4.78, 5) is 19.2. The largest absolute Gasteiger partial charge is 0.377 e. The highest BCUT2D eigenvalue weighted by molar-refractivity contribution is 7.89. The van der Waals surface area contributed by atoms with Gasteiger partial charge in [-0.15, -0.1) is 0 Å². The van der Waals surface area contributed by atoms with Gasteiger partial charge in [0.2, 0.25) is 10.0 Å². The third-order valence-electron chi connectivity index (χ3n) is 5.44. The third-order valence-corrected chi connectivity index (χ3v) is 7.35. The predicted molar refractivity (Wildman–Crippen MR) is 119 cm³/mol. The Morgan fingerprint density at radius 2 is 2.00 bits per heavy atom. The molecular weight excluding hydrogens is 440 g/mol. The van der Waals surface area contributed by atoms with Gasteiger partial charge in [-0.1, -0.05) is 11.6 Å². The van der Waals surface area contributed by atoms with Crippen LogP contribution in [0.1, 0.15) is 36.0 Å². The minimum atomic E-state index is -3.88. The summed E-state index contributed by atoms with van der Waals surface area (Å²) in [5, 5.41) is 2.80. The monoisotopic (exact) mass is 464 g/mol. The summed E-state index contributed by atoms with van der Waals surface area (Å²) in [7, 11) is -3.88. The lowest BCUT2D eigenvalue weighted by Gasteiger charge is -2.16. The summed E-state index contributed by atoms with van der Waals surface area (Å²) in [6.07, 6.45) is 5.49. The highest BCUT2D eigenvalue weighted by atomic mass is 35.5. The maximum absolute atomic E-state index is 12.7. The van der Waals surface area contributed by atoms with Crippen molar-refractivity contribution in [2.75, 3.05) is 36.5 Å². The van der Waals surface area contributed by atoms with Gasteiger partial charge in [0.1, 0.15) is 10.7 Å². The standard InChI is InChI=1S/C21H25ClN4O4S/c22-18-7-5-15(12-19(18)31(28,29)24-14-17-4-3-11-30-17)21(27)25-16-6-8-20(23-13-16)26-9-1-2-10-26/h5-8,12-13,17,24H,1-4,9-11,14H2,(H,25,27). The molecule has 2 N–H and O–H groups in total. The Labute approximate surface area is 187 Å². The fourth-order valence-electron chi connectivity index (χ4n) is 3.73. The Bertz CT molecular complexity index is 1030. The molecule has 0 radical (unpaired) electrons. The molecule has 1 aromatic carbocycles. The number of sulfonamides is 1. The van der Waals surface area contributed by atoms with Gasteiger partial charge in [0, 0.05) is 31.8 Å². The van der Waals surface area contributed by atoms with E-state index in [9.17, 15) is 13.2 Å². The zero-order chi connectivity index (χ0) is 21.8. The number of nitrogens with zero attached hydrogens (tertiary/aromatic N) is 2. The Hall–Kier alpha value is -2.20. The SMILES string of the molecule is O=C(Nc1ccc(N2CCCC2)nc1)c1ccc(Cl)c(S(=O)(=O)NCC2CCCO2)c1. The summed E-state index contributed by atoms with van der Waals surface area (Å²) < 4.78 is 33.4.